The van der Waals surface area contributed by atoms with E-state index in [4.69, 9.17) is 37.0 Å². The Labute approximate surface area is 632 Å². The zero-order valence-electron chi connectivity index (χ0n) is 67.6. The van der Waals surface area contributed by atoms with Crippen LogP contribution < -0.4 is 0 Å². The van der Waals surface area contributed by atoms with Gasteiger partial charge in [0.05, 0.1) is 26.4 Å². The summed E-state index contributed by atoms with van der Waals surface area (Å²) in [5.41, 5.74) is 0. The van der Waals surface area contributed by atoms with Gasteiger partial charge in [0.1, 0.15) is 19.3 Å². The second-order valence-corrected chi connectivity index (χ2v) is 33.8. The first-order valence-electron chi connectivity index (χ1n) is 43.5. The van der Waals surface area contributed by atoms with Crippen molar-refractivity contribution in [3.63, 3.8) is 0 Å². The van der Waals surface area contributed by atoms with Gasteiger partial charge in [0, 0.05) is 25.7 Å². The summed E-state index contributed by atoms with van der Waals surface area (Å²) in [6.07, 6.45) is 66.5. The number of esters is 4. The van der Waals surface area contributed by atoms with E-state index in [1.54, 1.807) is 0 Å². The van der Waals surface area contributed by atoms with Crippen LogP contribution in [-0.4, -0.2) is 96.7 Å². The first-order chi connectivity index (χ1) is 49.9. The topological polar surface area (TPSA) is 237 Å². The average Bonchev–Trinajstić information content (AvgIpc) is 0.911. The highest BCUT2D eigenvalue weighted by Gasteiger charge is 2.30. The number of phosphoric ester groups is 2. The molecule has 612 valence electrons. The minimum atomic E-state index is -4.96. The van der Waals surface area contributed by atoms with Crippen LogP contribution in [0.2, 0.25) is 0 Å². The molecule has 0 bridgehead atoms. The Kier molecular flexibility index (Phi) is 74.1. The smallest absolute Gasteiger partial charge is 0.462 e. The van der Waals surface area contributed by atoms with Gasteiger partial charge in [-0.2, -0.15) is 0 Å². The Bertz CT molecular complexity index is 1980. The second kappa shape index (κ2) is 75.5. The Hall–Kier alpha value is -1.94. The lowest BCUT2D eigenvalue weighted by molar-refractivity contribution is -0.161. The van der Waals surface area contributed by atoms with E-state index in [2.05, 4.69) is 41.5 Å². The molecular weight excluding hydrogens is 1340 g/mol. The quantitative estimate of drug-likeness (QED) is 0.0222. The number of rotatable bonds is 83. The molecule has 19 heteroatoms. The molecule has 0 aliphatic heterocycles. The molecule has 0 saturated heterocycles. The normalized spacial score (nSPS) is 14.1. The van der Waals surface area contributed by atoms with Crippen LogP contribution in [0.1, 0.15) is 446 Å². The van der Waals surface area contributed by atoms with E-state index < -0.39 is 97.5 Å². The van der Waals surface area contributed by atoms with Crippen LogP contribution in [0.25, 0.3) is 0 Å². The minimum absolute atomic E-state index is 0.107. The Morgan fingerprint density at radius 1 is 0.282 bits per heavy atom. The molecule has 0 amide bonds. The molecule has 3 N–H and O–H groups in total. The molecule has 0 rings (SSSR count). The SMILES string of the molecule is CCCCCCCCCCCCCCCCCCCCCC(=O)O[C@H](COC(=O)CCCCCCCCCCCCCCCCC(C)CC)COP(=O)(O)OC[C@@H](O)COP(=O)(O)OC[C@@H](COC(=O)CCCCCCCCCCCCCCC)OC(=O)CCCCCCCCCCCCC(C)C. The Morgan fingerprint density at radius 3 is 0.738 bits per heavy atom. The summed E-state index contributed by atoms with van der Waals surface area (Å²) >= 11 is 0. The van der Waals surface area contributed by atoms with E-state index in [1.165, 1.54) is 263 Å². The molecule has 0 aromatic carbocycles. The van der Waals surface area contributed by atoms with E-state index in [-0.39, 0.29) is 25.7 Å². The zero-order valence-corrected chi connectivity index (χ0v) is 69.4. The molecule has 0 heterocycles. The van der Waals surface area contributed by atoms with Crippen molar-refractivity contribution in [2.75, 3.05) is 39.6 Å². The van der Waals surface area contributed by atoms with Crippen LogP contribution >= 0.6 is 15.6 Å². The molecule has 0 spiro atoms. The highest BCUT2D eigenvalue weighted by molar-refractivity contribution is 7.47. The zero-order chi connectivity index (χ0) is 75.6. The average molecular weight is 1510 g/mol. The first kappa shape index (κ1) is 101. The second-order valence-electron chi connectivity index (χ2n) is 30.9. The van der Waals surface area contributed by atoms with Crippen molar-refractivity contribution in [2.24, 2.45) is 11.8 Å². The lowest BCUT2D eigenvalue weighted by Gasteiger charge is -2.21. The molecule has 0 fully saturated rings. The molecule has 6 atom stereocenters. The predicted molar refractivity (Wildman–Crippen MR) is 423 cm³/mol. The van der Waals surface area contributed by atoms with Crippen molar-refractivity contribution in [1.29, 1.82) is 0 Å². The first-order valence-corrected chi connectivity index (χ1v) is 46.5. The van der Waals surface area contributed by atoms with Crippen molar-refractivity contribution >= 4 is 39.5 Å². The summed E-state index contributed by atoms with van der Waals surface area (Å²) < 4.78 is 68.9. The van der Waals surface area contributed by atoms with Crippen LogP contribution in [0.5, 0.6) is 0 Å². The summed E-state index contributed by atoms with van der Waals surface area (Å²) in [7, 11) is -9.93. The monoisotopic (exact) mass is 1510 g/mol. The van der Waals surface area contributed by atoms with Gasteiger partial charge in [-0.25, -0.2) is 9.13 Å². The van der Waals surface area contributed by atoms with Gasteiger partial charge in [-0.05, 0) is 37.5 Å². The van der Waals surface area contributed by atoms with E-state index in [0.717, 1.165) is 102 Å². The maximum atomic E-state index is 13.1. The van der Waals surface area contributed by atoms with Gasteiger partial charge in [0.25, 0.3) is 0 Å². The number of phosphoric acid groups is 2. The third-order valence-electron chi connectivity index (χ3n) is 20.1. The number of ether oxygens (including phenoxy) is 4. The van der Waals surface area contributed by atoms with Gasteiger partial charge in [0.2, 0.25) is 0 Å². The van der Waals surface area contributed by atoms with Crippen LogP contribution in [0, 0.1) is 11.8 Å². The van der Waals surface area contributed by atoms with Crippen LogP contribution in [0.3, 0.4) is 0 Å². The summed E-state index contributed by atoms with van der Waals surface area (Å²) in [5.74, 6) is -0.501. The van der Waals surface area contributed by atoms with Crippen molar-refractivity contribution in [2.45, 2.75) is 464 Å². The highest BCUT2D eigenvalue weighted by atomic mass is 31.2. The predicted octanol–water partition coefficient (Wildman–Crippen LogP) is 25.5. The lowest BCUT2D eigenvalue weighted by atomic mass is 9.99. The maximum Gasteiger partial charge on any atom is 0.472 e. The number of aliphatic hydroxyl groups is 1. The van der Waals surface area contributed by atoms with Crippen LogP contribution in [0.15, 0.2) is 0 Å². The molecule has 0 aromatic rings. The van der Waals surface area contributed by atoms with E-state index in [0.29, 0.717) is 25.7 Å². The van der Waals surface area contributed by atoms with Gasteiger partial charge >= 0.3 is 39.5 Å². The van der Waals surface area contributed by atoms with Crippen molar-refractivity contribution in [3.05, 3.63) is 0 Å². The summed E-state index contributed by atoms with van der Waals surface area (Å²) in [5, 5.41) is 10.7. The van der Waals surface area contributed by atoms with E-state index in [1.807, 2.05) is 0 Å². The van der Waals surface area contributed by atoms with Gasteiger partial charge in [-0.3, -0.25) is 37.3 Å². The van der Waals surface area contributed by atoms with Gasteiger partial charge in [-0.15, -0.1) is 0 Å². The Morgan fingerprint density at radius 2 is 0.495 bits per heavy atom. The molecule has 17 nitrogen and oxygen atoms in total. The molecule has 0 radical (unpaired) electrons. The summed E-state index contributed by atoms with van der Waals surface area (Å²) in [6, 6.07) is 0. The van der Waals surface area contributed by atoms with Crippen molar-refractivity contribution in [1.82, 2.24) is 0 Å². The highest BCUT2D eigenvalue weighted by Crippen LogP contribution is 2.45. The molecule has 0 saturated carbocycles. The van der Waals surface area contributed by atoms with Gasteiger partial charge in [-0.1, -0.05) is 395 Å². The third-order valence-corrected chi connectivity index (χ3v) is 22.0. The number of aliphatic hydroxyl groups excluding tert-OH is 1. The van der Waals surface area contributed by atoms with Crippen LogP contribution in [0.4, 0.5) is 0 Å². The lowest BCUT2D eigenvalue weighted by Crippen LogP contribution is -2.30. The van der Waals surface area contributed by atoms with Crippen molar-refractivity contribution in [3.8, 4) is 0 Å². The van der Waals surface area contributed by atoms with Gasteiger partial charge < -0.3 is 33.8 Å². The fourth-order valence-electron chi connectivity index (χ4n) is 13.0. The maximum absolute atomic E-state index is 13.1. The fourth-order valence-corrected chi connectivity index (χ4v) is 14.6. The number of carbonyl (C=O) groups is 4. The molecule has 0 aromatic heterocycles. The number of hydrogen-bond acceptors (Lipinski definition) is 15. The van der Waals surface area contributed by atoms with Crippen molar-refractivity contribution < 1.29 is 80.2 Å². The van der Waals surface area contributed by atoms with Crippen LogP contribution in [-0.2, 0) is 65.4 Å². The molecule has 0 aliphatic carbocycles. The molecular formula is C84H164O17P2. The standard InChI is InChI=1S/C84H164O17P2/c1-7-10-12-14-16-18-20-22-23-24-25-26-27-33-37-44-50-56-62-68-83(88)100-79(72-95-82(87)67-61-55-49-43-36-32-29-28-31-34-41-47-53-59-65-77(6)9-3)74-98-102(90,91)96-70-78(85)71-97-103(92,93)99-75-80(101-84(89)69-63-57-51-45-39-38-40-46-52-58-64-76(4)5)73-94-81(86)66-60-54-48-42-35-30-21-19-17-15-13-11-8-2/h76-80,85H,7-75H2,1-6H3,(H,90,91)(H,92,93)/t77?,78-,79-,80-/m1/s1. The van der Waals surface area contributed by atoms with E-state index in [9.17, 15) is 43.2 Å². The third kappa shape index (κ3) is 76.6. The van der Waals surface area contributed by atoms with E-state index >= 15 is 0 Å². The Balaban J connectivity index is 5.26. The molecule has 3 unspecified atom stereocenters. The number of carbonyl (C=O) groups excluding carboxylic acids is 4. The summed E-state index contributed by atoms with van der Waals surface area (Å²) in [6.45, 7) is 9.71. The van der Waals surface area contributed by atoms with Gasteiger partial charge in [0.15, 0.2) is 12.2 Å². The fraction of sp³-hybridized carbons (Fsp3) is 0.952. The minimum Gasteiger partial charge on any atom is -0.462 e. The molecule has 0 aliphatic rings. The summed E-state index contributed by atoms with van der Waals surface area (Å²) in [4.78, 5) is 73.2. The molecule has 103 heavy (non-hydrogen) atoms. The number of unbranched alkanes of at least 4 members (excludes halogenated alkanes) is 52. The largest absolute Gasteiger partial charge is 0.472 e. The number of hydrogen-bond donors (Lipinski definition) is 3.